The zero-order chi connectivity index (χ0) is 18.3. The largest absolute Gasteiger partial charge is 0.479 e. The lowest BCUT2D eigenvalue weighted by molar-refractivity contribution is -0.127. The fourth-order valence-electron chi connectivity index (χ4n) is 3.20. The highest BCUT2D eigenvalue weighted by Crippen LogP contribution is 2.33. The van der Waals surface area contributed by atoms with Crippen LogP contribution in [0, 0.1) is 0 Å². The number of aromatic nitrogens is 1. The van der Waals surface area contributed by atoms with Gasteiger partial charge in [-0.05, 0) is 26.1 Å². The summed E-state index contributed by atoms with van der Waals surface area (Å²) in [5.74, 6) is 0.126. The van der Waals surface area contributed by atoms with Crippen molar-refractivity contribution in [1.82, 2.24) is 9.88 Å². The molecule has 136 valence electrons. The van der Waals surface area contributed by atoms with Crippen molar-refractivity contribution in [2.45, 2.75) is 26.0 Å². The number of carbonyl (C=O) groups excluding carboxylic acids is 2. The van der Waals surface area contributed by atoms with Gasteiger partial charge in [0.05, 0.1) is 11.4 Å². The van der Waals surface area contributed by atoms with Gasteiger partial charge in [-0.15, -0.1) is 11.3 Å². The van der Waals surface area contributed by atoms with Gasteiger partial charge < -0.3 is 15.0 Å². The second kappa shape index (κ2) is 6.69. The van der Waals surface area contributed by atoms with E-state index in [1.807, 2.05) is 12.1 Å². The SMILES string of the molecule is CC1Oc2ccccc2N(CC(=O)Nc2nc3c(s2)CN(C)CC3)C1=O. The Kier molecular flexibility index (Phi) is 4.37. The lowest BCUT2D eigenvalue weighted by Gasteiger charge is -2.32. The molecule has 0 bridgehead atoms. The number of amides is 2. The summed E-state index contributed by atoms with van der Waals surface area (Å²) >= 11 is 1.50. The monoisotopic (exact) mass is 372 g/mol. The molecule has 2 aromatic rings. The highest BCUT2D eigenvalue weighted by atomic mass is 32.1. The first-order valence-electron chi connectivity index (χ1n) is 8.55. The summed E-state index contributed by atoms with van der Waals surface area (Å²) in [6.45, 7) is 3.46. The Morgan fingerprint density at radius 3 is 3.08 bits per heavy atom. The number of anilines is 2. The van der Waals surface area contributed by atoms with Gasteiger partial charge in [0.25, 0.3) is 5.91 Å². The van der Waals surface area contributed by atoms with Gasteiger partial charge in [0, 0.05) is 24.4 Å². The third-order valence-electron chi connectivity index (χ3n) is 4.54. The number of hydrogen-bond donors (Lipinski definition) is 1. The predicted octanol–water partition coefficient (Wildman–Crippen LogP) is 1.88. The van der Waals surface area contributed by atoms with Crippen LogP contribution in [-0.4, -0.2) is 47.9 Å². The van der Waals surface area contributed by atoms with Crippen molar-refractivity contribution >= 4 is 34.0 Å². The quantitative estimate of drug-likeness (QED) is 0.891. The molecule has 3 heterocycles. The van der Waals surface area contributed by atoms with Crippen LogP contribution >= 0.6 is 11.3 Å². The molecule has 26 heavy (non-hydrogen) atoms. The van der Waals surface area contributed by atoms with E-state index in [1.54, 1.807) is 19.1 Å². The number of nitrogens with zero attached hydrogens (tertiary/aromatic N) is 3. The average Bonchev–Trinajstić information content (AvgIpc) is 3.00. The standard InChI is InChI=1S/C18H20N4O3S/c1-11-17(24)22(13-5-3-4-6-14(13)25-11)10-16(23)20-18-19-12-7-8-21(2)9-15(12)26-18/h3-6,11H,7-10H2,1-2H3,(H,19,20,23). The molecular formula is C18H20N4O3S. The van der Waals surface area contributed by atoms with Crippen molar-refractivity contribution in [1.29, 1.82) is 0 Å². The second-order valence-corrected chi connectivity index (χ2v) is 7.66. The van der Waals surface area contributed by atoms with Gasteiger partial charge in [-0.2, -0.15) is 0 Å². The number of thiazole rings is 1. The van der Waals surface area contributed by atoms with Crippen molar-refractivity contribution < 1.29 is 14.3 Å². The summed E-state index contributed by atoms with van der Waals surface area (Å²) in [5.41, 5.74) is 1.68. The van der Waals surface area contributed by atoms with Crippen LogP contribution in [0.25, 0.3) is 0 Å². The number of rotatable bonds is 3. The maximum Gasteiger partial charge on any atom is 0.268 e. The second-order valence-electron chi connectivity index (χ2n) is 6.58. The van der Waals surface area contributed by atoms with Crippen LogP contribution in [0.5, 0.6) is 5.75 Å². The molecule has 0 spiro atoms. The van der Waals surface area contributed by atoms with E-state index in [2.05, 4.69) is 22.2 Å². The number of ether oxygens (including phenoxy) is 1. The molecule has 1 aromatic heterocycles. The van der Waals surface area contributed by atoms with Crippen LogP contribution < -0.4 is 15.0 Å². The summed E-state index contributed by atoms with van der Waals surface area (Å²) in [5, 5.41) is 3.44. The van der Waals surface area contributed by atoms with E-state index in [9.17, 15) is 9.59 Å². The Balaban J connectivity index is 1.49. The van der Waals surface area contributed by atoms with Crippen molar-refractivity contribution in [2.75, 3.05) is 30.4 Å². The van der Waals surface area contributed by atoms with Crippen LogP contribution in [0.3, 0.4) is 0 Å². The summed E-state index contributed by atoms with van der Waals surface area (Å²) in [7, 11) is 2.07. The third-order valence-corrected chi connectivity index (χ3v) is 5.54. The summed E-state index contributed by atoms with van der Waals surface area (Å²) < 4.78 is 5.60. The summed E-state index contributed by atoms with van der Waals surface area (Å²) in [4.78, 5) is 34.4. The van der Waals surface area contributed by atoms with Gasteiger partial charge in [0.2, 0.25) is 5.91 Å². The first-order valence-corrected chi connectivity index (χ1v) is 9.37. The smallest absolute Gasteiger partial charge is 0.268 e. The van der Waals surface area contributed by atoms with E-state index in [-0.39, 0.29) is 18.4 Å². The zero-order valence-corrected chi connectivity index (χ0v) is 15.5. The molecule has 1 atom stereocenters. The first kappa shape index (κ1) is 17.0. The number of benzene rings is 1. The molecule has 2 aliphatic rings. The first-order chi connectivity index (χ1) is 12.5. The number of nitrogens with one attached hydrogen (secondary N) is 1. The van der Waals surface area contributed by atoms with E-state index in [4.69, 9.17) is 4.74 Å². The normalized spacial score (nSPS) is 19.5. The highest BCUT2D eigenvalue weighted by molar-refractivity contribution is 7.15. The fourth-order valence-corrected chi connectivity index (χ4v) is 4.31. The molecule has 8 heteroatoms. The number of fused-ring (bicyclic) bond motifs is 2. The Bertz CT molecular complexity index is 866. The minimum atomic E-state index is -0.611. The Morgan fingerprint density at radius 2 is 2.23 bits per heavy atom. The van der Waals surface area contributed by atoms with E-state index in [0.29, 0.717) is 16.6 Å². The predicted molar refractivity (Wildman–Crippen MR) is 99.7 cm³/mol. The lowest BCUT2D eigenvalue weighted by Crippen LogP contribution is -2.47. The van der Waals surface area contributed by atoms with E-state index >= 15 is 0 Å². The maximum absolute atomic E-state index is 12.5. The Morgan fingerprint density at radius 1 is 1.42 bits per heavy atom. The minimum Gasteiger partial charge on any atom is -0.479 e. The molecule has 0 fully saturated rings. The topological polar surface area (TPSA) is 74.8 Å². The Hall–Kier alpha value is -2.45. The van der Waals surface area contributed by atoms with Gasteiger partial charge >= 0.3 is 0 Å². The van der Waals surface area contributed by atoms with Crippen LogP contribution in [0.4, 0.5) is 10.8 Å². The van der Waals surface area contributed by atoms with Gasteiger partial charge in [-0.25, -0.2) is 4.98 Å². The zero-order valence-electron chi connectivity index (χ0n) is 14.7. The number of carbonyl (C=O) groups is 2. The summed E-state index contributed by atoms with van der Waals surface area (Å²) in [6.07, 6.45) is 0.283. The fraction of sp³-hybridized carbons (Fsp3) is 0.389. The average molecular weight is 372 g/mol. The van der Waals surface area contributed by atoms with Gasteiger partial charge in [-0.1, -0.05) is 12.1 Å². The van der Waals surface area contributed by atoms with Gasteiger partial charge in [-0.3, -0.25) is 14.5 Å². The number of hydrogen-bond acceptors (Lipinski definition) is 6. The van der Waals surface area contributed by atoms with E-state index in [0.717, 1.165) is 25.2 Å². The van der Waals surface area contributed by atoms with Gasteiger partial charge in [0.15, 0.2) is 11.2 Å². The molecule has 1 aromatic carbocycles. The highest BCUT2D eigenvalue weighted by Gasteiger charge is 2.32. The van der Waals surface area contributed by atoms with Crippen LogP contribution in [0.2, 0.25) is 0 Å². The van der Waals surface area contributed by atoms with Crippen molar-refractivity contribution in [3.05, 3.63) is 34.8 Å². The third kappa shape index (κ3) is 3.17. The van der Waals surface area contributed by atoms with Gasteiger partial charge in [0.1, 0.15) is 12.3 Å². The van der Waals surface area contributed by atoms with Crippen LogP contribution in [0.1, 0.15) is 17.5 Å². The molecule has 0 radical (unpaired) electrons. The maximum atomic E-state index is 12.5. The molecule has 0 saturated heterocycles. The van der Waals surface area contributed by atoms with Crippen LogP contribution in [0.15, 0.2) is 24.3 Å². The number of para-hydroxylation sites is 2. The van der Waals surface area contributed by atoms with Crippen molar-refractivity contribution in [2.24, 2.45) is 0 Å². The van der Waals surface area contributed by atoms with E-state index < -0.39 is 6.10 Å². The number of likely N-dealkylation sites (N-methyl/N-ethyl adjacent to an activating group) is 1. The summed E-state index contributed by atoms with van der Waals surface area (Å²) in [6, 6.07) is 7.25. The molecule has 2 aliphatic heterocycles. The van der Waals surface area contributed by atoms with Crippen LogP contribution in [-0.2, 0) is 22.6 Å². The molecule has 1 N–H and O–H groups in total. The molecule has 4 rings (SSSR count). The Labute approximate surface area is 155 Å². The lowest BCUT2D eigenvalue weighted by atomic mass is 10.2. The molecule has 1 unspecified atom stereocenters. The van der Waals surface area contributed by atoms with Crippen molar-refractivity contribution in [3.8, 4) is 5.75 Å². The van der Waals surface area contributed by atoms with Crippen molar-refractivity contribution in [3.63, 3.8) is 0 Å². The molecule has 2 amide bonds. The molecule has 0 saturated carbocycles. The molecule has 0 aliphatic carbocycles. The molecule has 7 nitrogen and oxygen atoms in total. The minimum absolute atomic E-state index is 0.0618. The van der Waals surface area contributed by atoms with E-state index in [1.165, 1.54) is 21.1 Å². The molecular weight excluding hydrogens is 352 g/mol.